The van der Waals surface area contributed by atoms with Crippen LogP contribution in [-0.4, -0.2) is 61.0 Å². The van der Waals surface area contributed by atoms with Gasteiger partial charge in [0.15, 0.2) is 11.6 Å². The summed E-state index contributed by atoms with van der Waals surface area (Å²) >= 11 is 0. The zero-order chi connectivity index (χ0) is 15.5. The molecule has 1 aromatic rings. The number of piperazine rings is 1. The van der Waals surface area contributed by atoms with Crippen molar-refractivity contribution < 1.29 is 13.6 Å². The van der Waals surface area contributed by atoms with Crippen molar-refractivity contribution in [1.29, 1.82) is 0 Å². The second-order valence-corrected chi connectivity index (χ2v) is 5.99. The van der Waals surface area contributed by atoms with Crippen LogP contribution >= 0.6 is 0 Å². The van der Waals surface area contributed by atoms with Crippen LogP contribution < -0.4 is 5.32 Å². The Labute approximate surface area is 129 Å². The predicted octanol–water partition coefficient (Wildman–Crippen LogP) is 1.01. The summed E-state index contributed by atoms with van der Waals surface area (Å²) in [6, 6.07) is 4.08. The molecule has 2 saturated heterocycles. The van der Waals surface area contributed by atoms with Crippen molar-refractivity contribution in [2.24, 2.45) is 0 Å². The van der Waals surface area contributed by atoms with E-state index in [0.717, 1.165) is 57.8 Å². The summed E-state index contributed by atoms with van der Waals surface area (Å²) in [5.41, 5.74) is 0.523. The van der Waals surface area contributed by atoms with E-state index in [4.69, 9.17) is 0 Å². The highest BCUT2D eigenvalue weighted by molar-refractivity contribution is 5.79. The number of benzene rings is 1. The minimum Gasteiger partial charge on any atom is -0.341 e. The quantitative estimate of drug-likeness (QED) is 0.905. The van der Waals surface area contributed by atoms with E-state index in [-0.39, 0.29) is 12.3 Å². The molecule has 120 valence electrons. The van der Waals surface area contributed by atoms with Gasteiger partial charge in [-0.2, -0.15) is 0 Å². The normalized spacial score (nSPS) is 23.0. The van der Waals surface area contributed by atoms with E-state index in [1.165, 1.54) is 6.07 Å². The summed E-state index contributed by atoms with van der Waals surface area (Å²) < 4.78 is 26.1. The van der Waals surface area contributed by atoms with Gasteiger partial charge in [0.25, 0.3) is 0 Å². The number of carbonyl (C=O) groups excluding carboxylic acids is 1. The lowest BCUT2D eigenvalue weighted by molar-refractivity contribution is -0.129. The molecule has 0 bridgehead atoms. The molecule has 2 aliphatic rings. The number of nitrogens with one attached hydrogen (secondary N) is 1. The van der Waals surface area contributed by atoms with Gasteiger partial charge in [-0.25, -0.2) is 8.78 Å². The molecule has 0 aromatic heterocycles. The first kappa shape index (κ1) is 15.4. The number of hydrogen-bond donors (Lipinski definition) is 1. The Morgan fingerprint density at radius 2 is 1.95 bits per heavy atom. The summed E-state index contributed by atoms with van der Waals surface area (Å²) in [6.45, 7) is 5.53. The van der Waals surface area contributed by atoms with Gasteiger partial charge in [-0.3, -0.25) is 9.69 Å². The van der Waals surface area contributed by atoms with E-state index in [1.807, 2.05) is 4.90 Å². The minimum atomic E-state index is -0.898. The summed E-state index contributed by atoms with van der Waals surface area (Å²) in [6.07, 6.45) is 1.12. The van der Waals surface area contributed by atoms with Crippen LogP contribution in [0.3, 0.4) is 0 Å². The van der Waals surface area contributed by atoms with E-state index in [1.54, 1.807) is 0 Å². The number of nitrogens with zero attached hydrogens (tertiary/aromatic N) is 2. The van der Waals surface area contributed by atoms with Crippen LogP contribution in [0.4, 0.5) is 8.78 Å². The summed E-state index contributed by atoms with van der Waals surface area (Å²) in [5.74, 6) is -1.79. The molecule has 1 N–H and O–H groups in total. The zero-order valence-electron chi connectivity index (χ0n) is 12.5. The molecule has 1 unspecified atom stereocenters. The van der Waals surface area contributed by atoms with Crippen molar-refractivity contribution in [3.63, 3.8) is 0 Å². The van der Waals surface area contributed by atoms with E-state index in [2.05, 4.69) is 10.2 Å². The Balaban J connectivity index is 1.55. The first-order valence-electron chi connectivity index (χ1n) is 7.80. The van der Waals surface area contributed by atoms with Crippen molar-refractivity contribution in [3.05, 3.63) is 35.4 Å². The van der Waals surface area contributed by atoms with Crippen LogP contribution in [0.25, 0.3) is 0 Å². The number of amides is 1. The predicted molar refractivity (Wildman–Crippen MR) is 79.5 cm³/mol. The maximum absolute atomic E-state index is 13.2. The molecule has 6 heteroatoms. The summed E-state index contributed by atoms with van der Waals surface area (Å²) in [7, 11) is 0. The number of carbonyl (C=O) groups is 1. The molecule has 0 spiro atoms. The molecular formula is C16H21F2N3O. The second-order valence-electron chi connectivity index (χ2n) is 5.99. The van der Waals surface area contributed by atoms with Gasteiger partial charge in [0.1, 0.15) is 0 Å². The molecule has 0 aliphatic carbocycles. The maximum atomic E-state index is 13.2. The Morgan fingerprint density at radius 3 is 2.68 bits per heavy atom. The molecule has 22 heavy (non-hydrogen) atoms. The number of hydrogen-bond acceptors (Lipinski definition) is 3. The minimum absolute atomic E-state index is 0.0105. The highest BCUT2D eigenvalue weighted by Gasteiger charge is 2.30. The Bertz CT molecular complexity index is 546. The van der Waals surface area contributed by atoms with Crippen LogP contribution in [0.1, 0.15) is 12.0 Å². The molecule has 0 saturated carbocycles. The van der Waals surface area contributed by atoms with Crippen molar-refractivity contribution in [3.8, 4) is 0 Å². The molecule has 1 aromatic carbocycles. The molecule has 1 atom stereocenters. The van der Waals surface area contributed by atoms with Gasteiger partial charge in [0, 0.05) is 45.3 Å². The van der Waals surface area contributed by atoms with Gasteiger partial charge < -0.3 is 10.2 Å². The third kappa shape index (κ3) is 3.44. The van der Waals surface area contributed by atoms with Crippen molar-refractivity contribution >= 4 is 5.91 Å². The third-order valence-electron chi connectivity index (χ3n) is 4.52. The molecule has 4 nitrogen and oxygen atoms in total. The fourth-order valence-electron chi connectivity index (χ4n) is 3.25. The van der Waals surface area contributed by atoms with E-state index in [9.17, 15) is 13.6 Å². The van der Waals surface area contributed by atoms with Crippen molar-refractivity contribution in [1.82, 2.24) is 15.1 Å². The Morgan fingerprint density at radius 1 is 1.18 bits per heavy atom. The molecule has 2 aliphatic heterocycles. The van der Waals surface area contributed by atoms with Gasteiger partial charge in [0.2, 0.25) is 5.91 Å². The number of halogens is 2. The fraction of sp³-hybridized carbons (Fsp3) is 0.562. The molecule has 3 rings (SSSR count). The highest BCUT2D eigenvalue weighted by atomic mass is 19.2. The van der Waals surface area contributed by atoms with Crippen LogP contribution in [0.15, 0.2) is 18.2 Å². The van der Waals surface area contributed by atoms with Gasteiger partial charge >= 0.3 is 0 Å². The zero-order valence-corrected chi connectivity index (χ0v) is 12.5. The Kier molecular flexibility index (Phi) is 4.69. The smallest absolute Gasteiger partial charge is 0.227 e. The molecule has 0 radical (unpaired) electrons. The standard InChI is InChI=1S/C16H21F2N3O/c17-14-2-1-12(9-15(14)18)10-16(22)21-6-3-13(11-21)20-7-4-19-5-8-20/h1-2,9,13,19H,3-8,10-11H2. The number of rotatable bonds is 3. The lowest BCUT2D eigenvalue weighted by atomic mass is 10.1. The van der Waals surface area contributed by atoms with Crippen molar-refractivity contribution in [2.45, 2.75) is 18.9 Å². The van der Waals surface area contributed by atoms with Gasteiger partial charge in [0.05, 0.1) is 6.42 Å². The van der Waals surface area contributed by atoms with Crippen LogP contribution in [0.2, 0.25) is 0 Å². The van der Waals surface area contributed by atoms with Crippen LogP contribution in [-0.2, 0) is 11.2 Å². The Hall–Kier alpha value is -1.53. The lowest BCUT2D eigenvalue weighted by Crippen LogP contribution is -2.49. The largest absolute Gasteiger partial charge is 0.341 e. The van der Waals surface area contributed by atoms with Crippen LogP contribution in [0.5, 0.6) is 0 Å². The molecule has 2 fully saturated rings. The number of likely N-dealkylation sites (tertiary alicyclic amines) is 1. The fourth-order valence-corrected chi connectivity index (χ4v) is 3.25. The first-order valence-corrected chi connectivity index (χ1v) is 7.80. The van der Waals surface area contributed by atoms with E-state index >= 15 is 0 Å². The van der Waals surface area contributed by atoms with E-state index < -0.39 is 11.6 Å². The van der Waals surface area contributed by atoms with Gasteiger partial charge in [-0.05, 0) is 24.1 Å². The van der Waals surface area contributed by atoms with Crippen molar-refractivity contribution in [2.75, 3.05) is 39.3 Å². The van der Waals surface area contributed by atoms with Gasteiger partial charge in [-0.15, -0.1) is 0 Å². The molecule has 1 amide bonds. The second kappa shape index (κ2) is 6.71. The summed E-state index contributed by atoms with van der Waals surface area (Å²) in [5, 5.41) is 3.33. The monoisotopic (exact) mass is 309 g/mol. The summed E-state index contributed by atoms with van der Waals surface area (Å²) in [4.78, 5) is 16.6. The molecular weight excluding hydrogens is 288 g/mol. The topological polar surface area (TPSA) is 35.6 Å². The first-order chi connectivity index (χ1) is 10.6. The highest BCUT2D eigenvalue weighted by Crippen LogP contribution is 2.18. The maximum Gasteiger partial charge on any atom is 0.227 e. The molecule has 2 heterocycles. The van der Waals surface area contributed by atoms with Gasteiger partial charge in [-0.1, -0.05) is 6.07 Å². The van der Waals surface area contributed by atoms with Crippen LogP contribution in [0, 0.1) is 11.6 Å². The SMILES string of the molecule is O=C(Cc1ccc(F)c(F)c1)N1CCC(N2CCNCC2)C1. The van der Waals surface area contributed by atoms with E-state index in [0.29, 0.717) is 11.6 Å². The average Bonchev–Trinajstić information content (AvgIpc) is 3.02. The lowest BCUT2D eigenvalue weighted by Gasteiger charge is -2.32. The third-order valence-corrected chi connectivity index (χ3v) is 4.52. The average molecular weight is 309 g/mol.